The van der Waals surface area contributed by atoms with Gasteiger partial charge < -0.3 is 10.1 Å². The summed E-state index contributed by atoms with van der Waals surface area (Å²) in [6, 6.07) is 15.0. The molecule has 1 amide bonds. The van der Waals surface area contributed by atoms with E-state index in [0.29, 0.717) is 24.4 Å². The van der Waals surface area contributed by atoms with Crippen LogP contribution >= 0.6 is 0 Å². The number of carbonyl (C=O) groups excluding carboxylic acids is 1. The van der Waals surface area contributed by atoms with Crippen molar-refractivity contribution >= 4 is 21.6 Å². The highest BCUT2D eigenvalue weighted by Crippen LogP contribution is 2.25. The molecule has 4 rings (SSSR count). The van der Waals surface area contributed by atoms with Crippen LogP contribution in [0.5, 0.6) is 5.75 Å². The molecule has 0 aliphatic heterocycles. The molecule has 0 spiro atoms. The quantitative estimate of drug-likeness (QED) is 0.528. The molecule has 0 saturated heterocycles. The summed E-state index contributed by atoms with van der Waals surface area (Å²) in [4.78, 5) is 16.2. The van der Waals surface area contributed by atoms with Gasteiger partial charge in [0.05, 0.1) is 17.1 Å². The summed E-state index contributed by atoms with van der Waals surface area (Å²) in [6.07, 6.45) is 6.41. The second kappa shape index (κ2) is 9.18. The number of rotatable bonds is 8. The molecule has 1 aliphatic rings. The zero-order valence-electron chi connectivity index (χ0n) is 16.9. The van der Waals surface area contributed by atoms with Gasteiger partial charge in [-0.2, -0.15) is 0 Å². The first-order chi connectivity index (χ1) is 15.0. The third kappa shape index (κ3) is 5.21. The first-order valence-electron chi connectivity index (χ1n) is 10.1. The molecule has 0 fully saturated rings. The van der Waals surface area contributed by atoms with Crippen molar-refractivity contribution in [3.63, 3.8) is 0 Å². The third-order valence-electron chi connectivity index (χ3n) is 5.09. The van der Waals surface area contributed by atoms with Crippen molar-refractivity contribution in [2.45, 2.75) is 24.2 Å². The molecule has 8 heteroatoms. The zero-order valence-corrected chi connectivity index (χ0v) is 17.7. The summed E-state index contributed by atoms with van der Waals surface area (Å²) in [7, 11) is -3.74. The summed E-state index contributed by atoms with van der Waals surface area (Å²) in [5.41, 5.74) is 3.53. The number of anilines is 1. The van der Waals surface area contributed by atoms with Gasteiger partial charge in [-0.1, -0.05) is 6.07 Å². The normalized spacial score (nSPS) is 12.8. The van der Waals surface area contributed by atoms with Crippen LogP contribution in [0.25, 0.3) is 0 Å². The molecule has 31 heavy (non-hydrogen) atoms. The van der Waals surface area contributed by atoms with Gasteiger partial charge >= 0.3 is 0 Å². The number of sulfonamides is 1. The average molecular weight is 438 g/mol. The lowest BCUT2D eigenvalue weighted by molar-refractivity contribution is 0.0947. The highest BCUT2D eigenvalue weighted by atomic mass is 32.2. The maximum atomic E-state index is 12.5. The van der Waals surface area contributed by atoms with Crippen LogP contribution in [0, 0.1) is 0 Å². The number of pyridine rings is 1. The van der Waals surface area contributed by atoms with Gasteiger partial charge in [-0.25, -0.2) is 8.42 Å². The van der Waals surface area contributed by atoms with Gasteiger partial charge in [-0.3, -0.25) is 14.5 Å². The van der Waals surface area contributed by atoms with Crippen molar-refractivity contribution in [2.75, 3.05) is 17.9 Å². The van der Waals surface area contributed by atoms with Crippen LogP contribution < -0.4 is 14.8 Å². The van der Waals surface area contributed by atoms with Gasteiger partial charge in [0, 0.05) is 18.0 Å². The summed E-state index contributed by atoms with van der Waals surface area (Å²) < 4.78 is 33.1. The van der Waals surface area contributed by atoms with E-state index in [-0.39, 0.29) is 10.8 Å². The molecular weight excluding hydrogens is 414 g/mol. The number of aromatic nitrogens is 1. The number of fused-ring (bicyclic) bond motifs is 1. The van der Waals surface area contributed by atoms with Crippen LogP contribution in [0.3, 0.4) is 0 Å². The SMILES string of the molecule is O=C(NCCOc1ccc2c(c1)CCC2)c1ccc(S(=O)(=O)Nc2ccncc2)cc1. The summed E-state index contributed by atoms with van der Waals surface area (Å²) in [5, 5.41) is 2.78. The summed E-state index contributed by atoms with van der Waals surface area (Å²) >= 11 is 0. The van der Waals surface area contributed by atoms with Crippen LogP contribution in [0.2, 0.25) is 0 Å². The number of hydrogen-bond donors (Lipinski definition) is 2. The second-order valence-electron chi connectivity index (χ2n) is 7.25. The molecule has 0 radical (unpaired) electrons. The summed E-state index contributed by atoms with van der Waals surface area (Å²) in [5.74, 6) is 0.523. The van der Waals surface area contributed by atoms with E-state index in [9.17, 15) is 13.2 Å². The molecule has 7 nitrogen and oxygen atoms in total. The number of hydrogen-bond acceptors (Lipinski definition) is 5. The monoisotopic (exact) mass is 437 g/mol. The number of nitrogens with one attached hydrogen (secondary N) is 2. The smallest absolute Gasteiger partial charge is 0.261 e. The van der Waals surface area contributed by atoms with Crippen molar-refractivity contribution in [3.05, 3.63) is 83.7 Å². The fourth-order valence-electron chi connectivity index (χ4n) is 3.49. The van der Waals surface area contributed by atoms with E-state index in [4.69, 9.17) is 4.74 Å². The van der Waals surface area contributed by atoms with Crippen molar-refractivity contribution in [2.24, 2.45) is 0 Å². The standard InChI is InChI=1S/C23H23N3O4S/c27-23(25-14-15-30-21-7-4-17-2-1-3-19(17)16-21)18-5-8-22(9-6-18)31(28,29)26-20-10-12-24-13-11-20/h4-13,16H,1-3,14-15H2,(H,24,26)(H,25,27). The van der Waals surface area contributed by atoms with Crippen LogP contribution in [0.1, 0.15) is 27.9 Å². The molecule has 0 atom stereocenters. The predicted molar refractivity (Wildman–Crippen MR) is 118 cm³/mol. The number of nitrogens with zero attached hydrogens (tertiary/aromatic N) is 1. The molecule has 1 aromatic heterocycles. The lowest BCUT2D eigenvalue weighted by atomic mass is 10.1. The Morgan fingerprint density at radius 2 is 1.71 bits per heavy atom. The first-order valence-corrected chi connectivity index (χ1v) is 11.6. The fraction of sp³-hybridized carbons (Fsp3) is 0.217. The van der Waals surface area contributed by atoms with E-state index < -0.39 is 10.0 Å². The zero-order chi connectivity index (χ0) is 21.7. The van der Waals surface area contributed by atoms with E-state index in [1.807, 2.05) is 6.07 Å². The lowest BCUT2D eigenvalue weighted by Crippen LogP contribution is -2.28. The second-order valence-corrected chi connectivity index (χ2v) is 8.94. The number of carbonyl (C=O) groups is 1. The van der Waals surface area contributed by atoms with Crippen molar-refractivity contribution in [1.82, 2.24) is 10.3 Å². The van der Waals surface area contributed by atoms with Gasteiger partial charge in [0.15, 0.2) is 0 Å². The minimum absolute atomic E-state index is 0.0702. The Kier molecular flexibility index (Phi) is 6.18. The summed E-state index contributed by atoms with van der Waals surface area (Å²) in [6.45, 7) is 0.701. The van der Waals surface area contributed by atoms with E-state index in [0.717, 1.165) is 18.6 Å². The van der Waals surface area contributed by atoms with Gasteiger partial charge in [-0.15, -0.1) is 0 Å². The third-order valence-corrected chi connectivity index (χ3v) is 6.48. The van der Waals surface area contributed by atoms with Gasteiger partial charge in [-0.05, 0) is 78.9 Å². The minimum Gasteiger partial charge on any atom is -0.492 e. The van der Waals surface area contributed by atoms with E-state index >= 15 is 0 Å². The Hall–Kier alpha value is -3.39. The molecular formula is C23H23N3O4S. The maximum Gasteiger partial charge on any atom is 0.261 e. The van der Waals surface area contributed by atoms with E-state index in [1.54, 1.807) is 12.1 Å². The molecule has 1 aliphatic carbocycles. The average Bonchev–Trinajstić information content (AvgIpc) is 3.25. The Bertz CT molecular complexity index is 1160. The first kappa shape index (κ1) is 20.9. The van der Waals surface area contributed by atoms with Gasteiger partial charge in [0.25, 0.3) is 15.9 Å². The van der Waals surface area contributed by atoms with Crippen LogP contribution in [0.4, 0.5) is 5.69 Å². The molecule has 0 bridgehead atoms. The topological polar surface area (TPSA) is 97.4 Å². The Labute approximate surface area is 181 Å². The predicted octanol–water partition coefficient (Wildman–Crippen LogP) is 3.18. The number of benzene rings is 2. The number of ether oxygens (including phenoxy) is 1. The Morgan fingerprint density at radius 1 is 0.968 bits per heavy atom. The Morgan fingerprint density at radius 3 is 2.48 bits per heavy atom. The lowest BCUT2D eigenvalue weighted by Gasteiger charge is -2.10. The number of amides is 1. The van der Waals surface area contributed by atoms with Gasteiger partial charge in [0.1, 0.15) is 12.4 Å². The molecule has 160 valence electrons. The van der Waals surface area contributed by atoms with Crippen molar-refractivity contribution < 1.29 is 17.9 Å². The van der Waals surface area contributed by atoms with Crippen molar-refractivity contribution in [1.29, 1.82) is 0 Å². The highest BCUT2D eigenvalue weighted by molar-refractivity contribution is 7.92. The molecule has 0 saturated carbocycles. The minimum atomic E-state index is -3.74. The molecule has 1 heterocycles. The molecule has 2 N–H and O–H groups in total. The van der Waals surface area contributed by atoms with E-state index in [1.165, 1.54) is 54.2 Å². The maximum absolute atomic E-state index is 12.5. The molecule has 2 aromatic carbocycles. The van der Waals surface area contributed by atoms with Gasteiger partial charge in [0.2, 0.25) is 0 Å². The van der Waals surface area contributed by atoms with Crippen LogP contribution in [-0.4, -0.2) is 32.5 Å². The van der Waals surface area contributed by atoms with Crippen LogP contribution in [-0.2, 0) is 22.9 Å². The highest BCUT2D eigenvalue weighted by Gasteiger charge is 2.15. The number of aryl methyl sites for hydroxylation is 2. The molecule has 3 aromatic rings. The van der Waals surface area contributed by atoms with E-state index in [2.05, 4.69) is 27.2 Å². The fourth-order valence-corrected chi connectivity index (χ4v) is 4.55. The van der Waals surface area contributed by atoms with Crippen LogP contribution in [0.15, 0.2) is 71.9 Å². The Balaban J connectivity index is 1.28. The van der Waals surface area contributed by atoms with Crippen molar-refractivity contribution in [3.8, 4) is 5.75 Å². The molecule has 0 unspecified atom stereocenters. The largest absolute Gasteiger partial charge is 0.492 e.